The van der Waals surface area contributed by atoms with Crippen LogP contribution in [-0.2, 0) is 14.8 Å². The van der Waals surface area contributed by atoms with Gasteiger partial charge in [-0.2, -0.15) is 4.31 Å². The van der Waals surface area contributed by atoms with Gasteiger partial charge in [-0.1, -0.05) is 50.2 Å². The number of benzene rings is 2. The molecule has 162 valence electrons. The van der Waals surface area contributed by atoms with E-state index in [-0.39, 0.29) is 16.7 Å². The first-order valence-corrected chi connectivity index (χ1v) is 12.1. The number of nitrogens with one attached hydrogen (secondary N) is 1. The molecule has 1 aliphatic heterocycles. The molecule has 1 atom stereocenters. The van der Waals surface area contributed by atoms with Crippen LogP contribution in [0.25, 0.3) is 0 Å². The molecule has 1 fully saturated rings. The van der Waals surface area contributed by atoms with E-state index in [1.807, 2.05) is 30.3 Å². The second-order valence-electron chi connectivity index (χ2n) is 7.63. The van der Waals surface area contributed by atoms with Gasteiger partial charge < -0.3 is 10.2 Å². The maximum absolute atomic E-state index is 13.0. The summed E-state index contributed by atoms with van der Waals surface area (Å²) in [6.45, 7) is 7.53. The highest BCUT2D eigenvalue weighted by Gasteiger charge is 2.28. The van der Waals surface area contributed by atoms with Crippen LogP contribution in [0.1, 0.15) is 38.2 Å². The minimum absolute atomic E-state index is 0.114. The van der Waals surface area contributed by atoms with Crippen LogP contribution < -0.4 is 5.32 Å². The average molecular weight is 430 g/mol. The molecule has 1 amide bonds. The number of sulfonamides is 1. The predicted molar refractivity (Wildman–Crippen MR) is 120 cm³/mol. The van der Waals surface area contributed by atoms with E-state index in [0.717, 1.165) is 31.6 Å². The molecular weight excluding hydrogens is 398 g/mol. The van der Waals surface area contributed by atoms with E-state index >= 15 is 0 Å². The first kappa shape index (κ1) is 22.5. The number of nitrogens with zero attached hydrogens (tertiary/aromatic N) is 2. The molecule has 3 rings (SSSR count). The van der Waals surface area contributed by atoms with Gasteiger partial charge in [0.1, 0.15) is 0 Å². The van der Waals surface area contributed by atoms with Crippen molar-refractivity contribution in [2.24, 2.45) is 0 Å². The molecule has 6 nitrogen and oxygen atoms in total. The van der Waals surface area contributed by atoms with Gasteiger partial charge in [-0.25, -0.2) is 8.42 Å². The normalized spacial score (nSPS) is 16.9. The molecule has 2 aromatic carbocycles. The smallest absolute Gasteiger partial charge is 0.243 e. The van der Waals surface area contributed by atoms with Crippen molar-refractivity contribution in [3.63, 3.8) is 0 Å². The van der Waals surface area contributed by atoms with Gasteiger partial charge in [-0.05, 0) is 42.6 Å². The summed E-state index contributed by atoms with van der Waals surface area (Å²) in [6.07, 6.45) is 1.21. The molecule has 1 heterocycles. The van der Waals surface area contributed by atoms with Gasteiger partial charge in [-0.3, -0.25) is 4.79 Å². The van der Waals surface area contributed by atoms with Crippen LogP contribution in [0, 0.1) is 0 Å². The third-order valence-electron chi connectivity index (χ3n) is 5.73. The van der Waals surface area contributed by atoms with Crippen LogP contribution in [0.4, 0.5) is 5.69 Å². The Hall–Kier alpha value is -2.22. The van der Waals surface area contributed by atoms with Crippen molar-refractivity contribution in [2.45, 2.75) is 37.5 Å². The van der Waals surface area contributed by atoms with Crippen LogP contribution >= 0.6 is 0 Å². The number of carbonyl (C=O) groups is 1. The number of piperazine rings is 1. The van der Waals surface area contributed by atoms with E-state index in [1.165, 1.54) is 4.31 Å². The summed E-state index contributed by atoms with van der Waals surface area (Å²) >= 11 is 0. The minimum atomic E-state index is -3.57. The van der Waals surface area contributed by atoms with Crippen LogP contribution in [0.2, 0.25) is 0 Å². The first-order valence-electron chi connectivity index (χ1n) is 10.6. The van der Waals surface area contributed by atoms with Gasteiger partial charge in [0, 0.05) is 38.3 Å². The highest BCUT2D eigenvalue weighted by Crippen LogP contribution is 2.25. The first-order chi connectivity index (χ1) is 14.4. The highest BCUT2D eigenvalue weighted by atomic mass is 32.2. The second-order valence-corrected chi connectivity index (χ2v) is 9.57. The lowest BCUT2D eigenvalue weighted by molar-refractivity contribution is -0.116. The monoisotopic (exact) mass is 429 g/mol. The number of likely N-dealkylation sites (N-methyl/N-ethyl adjacent to an activating group) is 1. The van der Waals surface area contributed by atoms with Crippen molar-refractivity contribution in [1.29, 1.82) is 0 Å². The number of anilines is 1. The Morgan fingerprint density at radius 2 is 1.70 bits per heavy atom. The maximum Gasteiger partial charge on any atom is 0.243 e. The van der Waals surface area contributed by atoms with Gasteiger partial charge in [0.25, 0.3) is 0 Å². The molecule has 1 N–H and O–H groups in total. The molecule has 0 radical (unpaired) electrons. The highest BCUT2D eigenvalue weighted by molar-refractivity contribution is 7.89. The molecule has 0 bridgehead atoms. The fourth-order valence-corrected chi connectivity index (χ4v) is 5.30. The van der Waals surface area contributed by atoms with Gasteiger partial charge in [0.05, 0.1) is 4.90 Å². The molecule has 2 aromatic rings. The van der Waals surface area contributed by atoms with Crippen LogP contribution in [-0.4, -0.2) is 56.3 Å². The van der Waals surface area contributed by atoms with Crippen molar-refractivity contribution >= 4 is 21.6 Å². The molecule has 1 unspecified atom stereocenters. The number of hydrogen-bond acceptors (Lipinski definition) is 4. The van der Waals surface area contributed by atoms with Crippen molar-refractivity contribution in [3.05, 3.63) is 60.2 Å². The summed E-state index contributed by atoms with van der Waals surface area (Å²) in [5.74, 6) is 0.0183. The largest absolute Gasteiger partial charge is 0.326 e. The second kappa shape index (κ2) is 10.2. The van der Waals surface area contributed by atoms with Crippen molar-refractivity contribution < 1.29 is 13.2 Å². The van der Waals surface area contributed by atoms with E-state index in [9.17, 15) is 13.2 Å². The van der Waals surface area contributed by atoms with E-state index in [0.29, 0.717) is 25.2 Å². The van der Waals surface area contributed by atoms with Crippen molar-refractivity contribution in [3.8, 4) is 0 Å². The van der Waals surface area contributed by atoms with Crippen molar-refractivity contribution in [1.82, 2.24) is 9.21 Å². The topological polar surface area (TPSA) is 69.7 Å². The standard InChI is InChI=1S/C23H31N3O3S/c1-3-19(20-9-6-5-7-10-20)17-23(27)24-21-11-8-12-22(18-21)30(28,29)26-15-13-25(4-2)14-16-26/h5-12,18-19H,3-4,13-17H2,1-2H3,(H,24,27). The number of amides is 1. The summed E-state index contributed by atoms with van der Waals surface area (Å²) in [5, 5.41) is 2.88. The predicted octanol–water partition coefficient (Wildman–Crippen LogP) is 3.54. The van der Waals surface area contributed by atoms with E-state index in [1.54, 1.807) is 24.3 Å². The fourth-order valence-electron chi connectivity index (χ4n) is 3.83. The Morgan fingerprint density at radius 3 is 2.33 bits per heavy atom. The number of hydrogen-bond donors (Lipinski definition) is 1. The Morgan fingerprint density at radius 1 is 1.00 bits per heavy atom. The lowest BCUT2D eigenvalue weighted by Crippen LogP contribution is -2.48. The lowest BCUT2D eigenvalue weighted by Gasteiger charge is -2.33. The molecular formula is C23H31N3O3S. The van der Waals surface area contributed by atoms with E-state index in [4.69, 9.17) is 0 Å². The Kier molecular flexibility index (Phi) is 7.64. The number of rotatable bonds is 8. The minimum Gasteiger partial charge on any atom is -0.326 e. The molecule has 0 aromatic heterocycles. The van der Waals surface area contributed by atoms with Crippen molar-refractivity contribution in [2.75, 3.05) is 38.0 Å². The van der Waals surface area contributed by atoms with Gasteiger partial charge in [0.2, 0.25) is 15.9 Å². The fraction of sp³-hybridized carbons (Fsp3) is 0.435. The summed E-state index contributed by atoms with van der Waals surface area (Å²) < 4.78 is 27.6. The zero-order valence-corrected chi connectivity index (χ0v) is 18.6. The molecule has 7 heteroatoms. The van der Waals surface area contributed by atoms with Gasteiger partial charge in [-0.15, -0.1) is 0 Å². The maximum atomic E-state index is 13.0. The lowest BCUT2D eigenvalue weighted by atomic mass is 9.93. The summed E-state index contributed by atoms with van der Waals surface area (Å²) in [5.41, 5.74) is 1.65. The summed E-state index contributed by atoms with van der Waals surface area (Å²) in [7, 11) is -3.57. The Bertz CT molecular complexity index is 939. The Balaban J connectivity index is 1.67. The third kappa shape index (κ3) is 5.47. The van der Waals surface area contributed by atoms with Crippen LogP contribution in [0.5, 0.6) is 0 Å². The summed E-state index contributed by atoms with van der Waals surface area (Å²) in [4.78, 5) is 15.1. The molecule has 0 saturated carbocycles. The average Bonchev–Trinajstić information content (AvgIpc) is 2.78. The zero-order chi connectivity index (χ0) is 21.6. The number of carbonyl (C=O) groups excluding carboxylic acids is 1. The quantitative estimate of drug-likeness (QED) is 0.697. The van der Waals surface area contributed by atoms with E-state index in [2.05, 4.69) is 24.1 Å². The Labute approximate surface area is 179 Å². The molecule has 0 aliphatic carbocycles. The molecule has 1 aliphatic rings. The molecule has 30 heavy (non-hydrogen) atoms. The third-order valence-corrected chi connectivity index (χ3v) is 7.62. The van der Waals surface area contributed by atoms with Gasteiger partial charge >= 0.3 is 0 Å². The van der Waals surface area contributed by atoms with E-state index < -0.39 is 10.0 Å². The zero-order valence-electron chi connectivity index (χ0n) is 17.8. The summed E-state index contributed by atoms with van der Waals surface area (Å²) in [6, 6.07) is 16.5. The SMILES string of the molecule is CCC(CC(=O)Nc1cccc(S(=O)(=O)N2CCN(CC)CC2)c1)c1ccccc1. The van der Waals surface area contributed by atoms with Gasteiger partial charge in [0.15, 0.2) is 0 Å². The van der Waals surface area contributed by atoms with Crippen LogP contribution in [0.15, 0.2) is 59.5 Å². The van der Waals surface area contributed by atoms with Crippen LogP contribution in [0.3, 0.4) is 0 Å². The molecule has 1 saturated heterocycles. The molecule has 0 spiro atoms.